The molecule has 0 saturated carbocycles. The summed E-state index contributed by atoms with van der Waals surface area (Å²) in [5.74, 6) is 0.382. The van der Waals surface area contributed by atoms with Crippen molar-refractivity contribution in [1.29, 1.82) is 0 Å². The van der Waals surface area contributed by atoms with Crippen LogP contribution in [0.5, 0.6) is 0 Å². The van der Waals surface area contributed by atoms with Crippen LogP contribution in [0.1, 0.15) is 41.3 Å². The van der Waals surface area contributed by atoms with E-state index in [1.54, 1.807) is 20.2 Å². The van der Waals surface area contributed by atoms with Gasteiger partial charge in [-0.1, -0.05) is 44.2 Å². The number of aryl methyl sites for hydroxylation is 2. The van der Waals surface area contributed by atoms with E-state index in [0.717, 1.165) is 23.7 Å². The number of anilines is 1. The van der Waals surface area contributed by atoms with Crippen LogP contribution in [0.4, 0.5) is 18.9 Å². The van der Waals surface area contributed by atoms with Gasteiger partial charge < -0.3 is 9.74 Å². The molecule has 1 N–H and O–H groups in total. The number of amides is 1. The maximum absolute atomic E-state index is 13.8. The molecule has 0 fully saturated rings. The summed E-state index contributed by atoms with van der Waals surface area (Å²) in [4.78, 5) is 22.9. The topological polar surface area (TPSA) is 81.9 Å². The Morgan fingerprint density at radius 3 is 2.39 bits per heavy atom. The normalized spacial score (nSPS) is 12.1. The monoisotopic (exact) mass is 581 g/mol. The fraction of sp³-hybridized carbons (Fsp3) is 0.333. The summed E-state index contributed by atoms with van der Waals surface area (Å²) in [6.07, 6.45) is -3.07. The van der Waals surface area contributed by atoms with E-state index in [4.69, 9.17) is 4.43 Å². The van der Waals surface area contributed by atoms with Crippen molar-refractivity contribution in [2.24, 2.45) is 13.0 Å². The summed E-state index contributed by atoms with van der Waals surface area (Å²) < 4.78 is 49.4. The molecule has 0 bridgehead atoms. The third kappa shape index (κ3) is 7.47. The second-order valence-corrected chi connectivity index (χ2v) is 15.3. The molecule has 0 unspecified atom stereocenters. The van der Waals surface area contributed by atoms with Gasteiger partial charge in [0.25, 0.3) is 5.91 Å². The van der Waals surface area contributed by atoms with E-state index in [2.05, 4.69) is 47.3 Å². The van der Waals surface area contributed by atoms with Crippen LogP contribution in [0.2, 0.25) is 19.1 Å². The molecule has 0 saturated heterocycles. The molecule has 4 aromatic rings. The molecule has 0 aliphatic heterocycles. The molecule has 0 radical (unpaired) electrons. The van der Waals surface area contributed by atoms with Crippen molar-refractivity contribution in [3.63, 3.8) is 0 Å². The highest BCUT2D eigenvalue weighted by Crippen LogP contribution is 2.37. The molecule has 0 atom stereocenters. The first-order valence-electron chi connectivity index (χ1n) is 13.3. The predicted octanol–water partition coefficient (Wildman–Crippen LogP) is 7.50. The van der Waals surface area contributed by atoms with Gasteiger partial charge in [0.05, 0.1) is 34.9 Å². The Labute approximate surface area is 238 Å². The number of carbonyl (C=O) groups excluding carboxylic acids is 1. The van der Waals surface area contributed by atoms with Crippen LogP contribution in [0.3, 0.4) is 0 Å². The summed E-state index contributed by atoms with van der Waals surface area (Å²) in [7, 11) is -0.430. The van der Waals surface area contributed by atoms with Crippen LogP contribution in [-0.2, 0) is 24.3 Å². The molecule has 0 aliphatic carbocycles. The third-order valence-electron chi connectivity index (χ3n) is 6.46. The summed E-state index contributed by atoms with van der Waals surface area (Å²) in [5, 5.41) is 7.04. The zero-order valence-electron chi connectivity index (χ0n) is 24.0. The Balaban J connectivity index is 1.77. The van der Waals surface area contributed by atoms with Crippen molar-refractivity contribution in [2.45, 2.75) is 52.7 Å². The van der Waals surface area contributed by atoms with E-state index in [9.17, 15) is 18.0 Å². The van der Waals surface area contributed by atoms with Crippen molar-refractivity contribution in [3.8, 4) is 22.5 Å². The number of aromatic nitrogens is 4. The molecule has 2 heterocycles. The Kier molecular flexibility index (Phi) is 8.79. The molecule has 2 aromatic heterocycles. The first-order chi connectivity index (χ1) is 19.2. The Morgan fingerprint density at radius 2 is 1.78 bits per heavy atom. The molecule has 0 spiro atoms. The van der Waals surface area contributed by atoms with E-state index in [1.165, 1.54) is 16.8 Å². The van der Waals surface area contributed by atoms with E-state index >= 15 is 0 Å². The van der Waals surface area contributed by atoms with Crippen molar-refractivity contribution in [3.05, 3.63) is 83.4 Å². The van der Waals surface area contributed by atoms with Crippen molar-refractivity contribution >= 4 is 19.9 Å². The lowest BCUT2D eigenvalue weighted by Gasteiger charge is -2.25. The zero-order chi connectivity index (χ0) is 29.9. The van der Waals surface area contributed by atoms with Gasteiger partial charge >= 0.3 is 6.18 Å². The summed E-state index contributed by atoms with van der Waals surface area (Å²) >= 11 is 0. The maximum Gasteiger partial charge on any atom is 0.417 e. The van der Waals surface area contributed by atoms with Crippen LogP contribution in [-0.4, -0.2) is 34.0 Å². The summed E-state index contributed by atoms with van der Waals surface area (Å²) in [5.41, 5.74) is 1.23. The highest BCUT2D eigenvalue weighted by atomic mass is 28.4. The number of hydrogen-bond acceptors (Lipinski definition) is 5. The van der Waals surface area contributed by atoms with Gasteiger partial charge in [-0.2, -0.15) is 18.3 Å². The lowest BCUT2D eigenvalue weighted by molar-refractivity contribution is -0.137. The number of hydrogen-bond donors (Lipinski definition) is 1. The minimum Gasteiger partial charge on any atom is -0.411 e. The minimum absolute atomic E-state index is 0.0413. The van der Waals surface area contributed by atoms with Crippen molar-refractivity contribution < 1.29 is 22.4 Å². The number of carbonyl (C=O) groups is 1. The fourth-order valence-electron chi connectivity index (χ4n) is 4.87. The van der Waals surface area contributed by atoms with Crippen LogP contribution in [0, 0.1) is 12.8 Å². The summed E-state index contributed by atoms with van der Waals surface area (Å²) in [6, 6.07) is 15.1. The summed E-state index contributed by atoms with van der Waals surface area (Å²) in [6.45, 7) is 10.5. The number of nitrogens with zero attached hydrogens (tertiary/aromatic N) is 4. The van der Waals surface area contributed by atoms with Gasteiger partial charge in [-0.05, 0) is 56.2 Å². The molecule has 7 nitrogen and oxygen atoms in total. The molecular weight excluding hydrogens is 547 g/mol. The van der Waals surface area contributed by atoms with E-state index in [0.29, 0.717) is 28.8 Å². The predicted molar refractivity (Wildman–Crippen MR) is 156 cm³/mol. The van der Waals surface area contributed by atoms with Crippen LogP contribution in [0.15, 0.2) is 60.8 Å². The highest BCUT2D eigenvalue weighted by molar-refractivity contribution is 6.71. The maximum atomic E-state index is 13.8. The quantitative estimate of drug-likeness (QED) is 0.207. The van der Waals surface area contributed by atoms with E-state index in [-0.39, 0.29) is 23.4 Å². The molecule has 2 aromatic carbocycles. The second-order valence-electron chi connectivity index (χ2n) is 11.0. The number of nitrogens with one attached hydrogen (secondary N) is 1. The molecule has 1 amide bonds. The largest absolute Gasteiger partial charge is 0.417 e. The van der Waals surface area contributed by atoms with Gasteiger partial charge in [0.15, 0.2) is 8.32 Å². The van der Waals surface area contributed by atoms with Crippen molar-refractivity contribution in [2.75, 3.05) is 5.32 Å². The average Bonchev–Trinajstić information content (AvgIpc) is 3.33. The number of rotatable bonds is 9. The van der Waals surface area contributed by atoms with Crippen LogP contribution in [0.25, 0.3) is 22.5 Å². The lowest BCUT2D eigenvalue weighted by atomic mass is 10.00. The lowest BCUT2D eigenvalue weighted by Crippen LogP contribution is -2.32. The smallest absolute Gasteiger partial charge is 0.411 e. The molecule has 216 valence electrons. The minimum atomic E-state index is -4.62. The van der Waals surface area contributed by atoms with Gasteiger partial charge in [-0.25, -0.2) is 9.97 Å². The first kappa shape index (κ1) is 30.1. The Bertz CT molecular complexity index is 1540. The molecule has 11 heteroatoms. The van der Waals surface area contributed by atoms with E-state index in [1.807, 2.05) is 30.3 Å². The molecular formula is C30H34F3N5O2Si. The van der Waals surface area contributed by atoms with Gasteiger partial charge in [-0.15, -0.1) is 0 Å². The van der Waals surface area contributed by atoms with Gasteiger partial charge in [0, 0.05) is 29.9 Å². The number of alkyl halides is 3. The number of halogens is 3. The van der Waals surface area contributed by atoms with Gasteiger partial charge in [-0.3, -0.25) is 9.48 Å². The fourth-order valence-corrected chi connectivity index (χ4v) is 7.48. The van der Waals surface area contributed by atoms with Crippen molar-refractivity contribution in [1.82, 2.24) is 19.7 Å². The Morgan fingerprint density at radius 1 is 1.07 bits per heavy atom. The van der Waals surface area contributed by atoms with E-state index < -0.39 is 26.0 Å². The second kappa shape index (κ2) is 12.0. The highest BCUT2D eigenvalue weighted by Gasteiger charge is 2.35. The van der Waals surface area contributed by atoms with Crippen LogP contribution < -0.4 is 5.32 Å². The number of benzene rings is 2. The molecule has 0 aliphatic rings. The SMILES string of the molecule is Cc1nc(CO[Si](C)(C)CC(C)C)c(NC(=O)c2ccc(C(F)(F)F)c(-c3ccn(C)n3)c2)c(-c2ccccc2)n1. The standard InChI is InChI=1S/C30H34F3N5O2Si/c1-19(2)18-41(5,6)40-17-26-28(27(35-20(3)34-26)21-10-8-7-9-11-21)36-29(39)22-12-13-24(30(31,32)33)23(16-22)25-14-15-38(4)37-25/h7-16,19H,17-18H2,1-6H3,(H,36,39). The zero-order valence-corrected chi connectivity index (χ0v) is 25.0. The third-order valence-corrected chi connectivity index (χ3v) is 9.18. The van der Waals surface area contributed by atoms with Crippen LogP contribution >= 0.6 is 0 Å². The molecule has 41 heavy (non-hydrogen) atoms. The van der Waals surface area contributed by atoms with Gasteiger partial charge in [0.1, 0.15) is 5.82 Å². The Hall–Kier alpha value is -3.83. The first-order valence-corrected chi connectivity index (χ1v) is 16.4. The molecule has 4 rings (SSSR count). The van der Waals surface area contributed by atoms with Gasteiger partial charge in [0.2, 0.25) is 0 Å². The average molecular weight is 582 g/mol.